The van der Waals surface area contributed by atoms with Crippen LogP contribution in [-0.4, -0.2) is 81.7 Å². The quantitative estimate of drug-likeness (QED) is 0.647. The predicted molar refractivity (Wildman–Crippen MR) is 110 cm³/mol. The maximum atomic E-state index is 12.8. The Labute approximate surface area is 172 Å². The van der Waals surface area contributed by atoms with Gasteiger partial charge in [-0.15, -0.1) is 10.2 Å². The van der Waals surface area contributed by atoms with Crippen LogP contribution in [0.2, 0.25) is 0 Å². The van der Waals surface area contributed by atoms with Gasteiger partial charge in [0, 0.05) is 44.5 Å². The molecule has 28 heavy (non-hydrogen) atoms. The topological polar surface area (TPSA) is 63.5 Å². The number of hydrogen-bond donors (Lipinski definition) is 0. The third-order valence-electron chi connectivity index (χ3n) is 6.20. The molecule has 0 aromatic carbocycles. The number of rotatable bonds is 7. The lowest BCUT2D eigenvalue weighted by molar-refractivity contribution is -0.142. The highest BCUT2D eigenvalue weighted by molar-refractivity contribution is 7.99. The second kappa shape index (κ2) is 9.59. The summed E-state index contributed by atoms with van der Waals surface area (Å²) < 4.78 is 7.88. The summed E-state index contributed by atoms with van der Waals surface area (Å²) in [5.41, 5.74) is 0. The van der Waals surface area contributed by atoms with Gasteiger partial charge >= 0.3 is 0 Å². The maximum absolute atomic E-state index is 12.8. The van der Waals surface area contributed by atoms with Crippen LogP contribution < -0.4 is 0 Å². The second-order valence-electron chi connectivity index (χ2n) is 8.11. The molecule has 0 bridgehead atoms. The molecule has 0 spiro atoms. The number of ether oxygens (including phenoxy) is 1. The van der Waals surface area contributed by atoms with Gasteiger partial charge in [0.1, 0.15) is 11.9 Å². The van der Waals surface area contributed by atoms with Crippen molar-refractivity contribution in [3.8, 4) is 0 Å². The first-order chi connectivity index (χ1) is 13.8. The zero-order valence-electron chi connectivity index (χ0n) is 17.0. The molecule has 0 aliphatic carbocycles. The van der Waals surface area contributed by atoms with E-state index < -0.39 is 0 Å². The molecular formula is C20H33N5O2S. The molecule has 1 aromatic rings. The van der Waals surface area contributed by atoms with Crippen molar-refractivity contribution in [2.24, 2.45) is 0 Å². The van der Waals surface area contributed by atoms with E-state index in [1.807, 2.05) is 16.7 Å². The highest BCUT2D eigenvalue weighted by Gasteiger charge is 2.33. The summed E-state index contributed by atoms with van der Waals surface area (Å²) in [6.45, 7) is 8.95. The van der Waals surface area contributed by atoms with Crippen LogP contribution in [0.5, 0.6) is 0 Å². The normalized spacial score (nSPS) is 26.2. The van der Waals surface area contributed by atoms with Crippen LogP contribution in [-0.2, 0) is 16.1 Å². The van der Waals surface area contributed by atoms with Crippen molar-refractivity contribution in [3.63, 3.8) is 0 Å². The number of carbonyl (C=O) groups is 1. The molecule has 4 heterocycles. The third-order valence-corrected chi connectivity index (χ3v) is 7.15. The van der Waals surface area contributed by atoms with Gasteiger partial charge in [-0.05, 0) is 58.5 Å². The predicted octanol–water partition coefficient (Wildman–Crippen LogP) is 2.37. The minimum Gasteiger partial charge on any atom is -0.368 e. The monoisotopic (exact) mass is 407 g/mol. The molecule has 156 valence electrons. The van der Waals surface area contributed by atoms with E-state index in [9.17, 15) is 4.79 Å². The highest BCUT2D eigenvalue weighted by atomic mass is 32.2. The first kappa shape index (κ1) is 20.2. The summed E-state index contributed by atoms with van der Waals surface area (Å²) in [7, 11) is 0. The lowest BCUT2D eigenvalue weighted by Gasteiger charge is -2.33. The second-order valence-corrected chi connectivity index (χ2v) is 9.17. The van der Waals surface area contributed by atoms with E-state index in [-0.39, 0.29) is 17.9 Å². The minimum atomic E-state index is -0.223. The number of carbonyl (C=O) groups excluding carboxylic acids is 1. The number of likely N-dealkylation sites (tertiary alicyclic amines) is 2. The minimum absolute atomic E-state index is 0.171. The van der Waals surface area contributed by atoms with Crippen molar-refractivity contribution in [1.29, 1.82) is 0 Å². The van der Waals surface area contributed by atoms with E-state index in [0.717, 1.165) is 75.2 Å². The Morgan fingerprint density at radius 3 is 2.75 bits per heavy atom. The van der Waals surface area contributed by atoms with Gasteiger partial charge in [-0.2, -0.15) is 0 Å². The summed E-state index contributed by atoms with van der Waals surface area (Å²) in [5, 5.41) is 10.1. The number of hydrogen-bond acceptors (Lipinski definition) is 6. The van der Waals surface area contributed by atoms with Gasteiger partial charge in [-0.25, -0.2) is 0 Å². The molecule has 1 amide bonds. The van der Waals surface area contributed by atoms with Gasteiger partial charge < -0.3 is 19.1 Å². The van der Waals surface area contributed by atoms with Crippen molar-refractivity contribution in [2.45, 2.75) is 69.2 Å². The van der Waals surface area contributed by atoms with Crippen molar-refractivity contribution in [2.75, 3.05) is 45.1 Å². The summed E-state index contributed by atoms with van der Waals surface area (Å²) >= 11 is 1.82. The average molecular weight is 408 g/mol. The standard InChI is InChI=1S/C20H33N5O2S/c1-2-25-18(21-22-20(25)28-14-12-23-9-3-4-10-23)16-7-5-11-24(15-16)19(26)17-8-6-13-27-17/h16-17H,2-15H2,1H3/t16-,17-/m1/s1. The number of aromatic nitrogens is 3. The zero-order valence-corrected chi connectivity index (χ0v) is 17.8. The number of amides is 1. The molecule has 3 saturated heterocycles. The summed E-state index contributed by atoms with van der Waals surface area (Å²) in [6.07, 6.45) is 6.41. The van der Waals surface area contributed by atoms with Crippen molar-refractivity contribution < 1.29 is 9.53 Å². The molecule has 3 fully saturated rings. The Bertz CT molecular complexity index is 655. The van der Waals surface area contributed by atoms with E-state index in [2.05, 4.69) is 26.6 Å². The van der Waals surface area contributed by atoms with Gasteiger partial charge in [0.05, 0.1) is 0 Å². The fraction of sp³-hybridized carbons (Fsp3) is 0.850. The number of nitrogens with zero attached hydrogens (tertiary/aromatic N) is 5. The Balaban J connectivity index is 1.37. The summed E-state index contributed by atoms with van der Waals surface area (Å²) in [5.74, 6) is 2.56. The van der Waals surface area contributed by atoms with Gasteiger partial charge in [0.2, 0.25) is 0 Å². The Kier molecular flexibility index (Phi) is 6.90. The van der Waals surface area contributed by atoms with E-state index in [4.69, 9.17) is 4.74 Å². The fourth-order valence-electron chi connectivity index (χ4n) is 4.64. The van der Waals surface area contributed by atoms with Gasteiger partial charge in [0.15, 0.2) is 5.16 Å². The van der Waals surface area contributed by atoms with Crippen molar-refractivity contribution in [1.82, 2.24) is 24.6 Å². The lowest BCUT2D eigenvalue weighted by atomic mass is 9.96. The van der Waals surface area contributed by atoms with Crippen LogP contribution in [0.4, 0.5) is 0 Å². The van der Waals surface area contributed by atoms with Crippen molar-refractivity contribution in [3.05, 3.63) is 5.82 Å². The molecule has 3 aliphatic heterocycles. The van der Waals surface area contributed by atoms with Crippen LogP contribution in [0, 0.1) is 0 Å². The molecule has 0 N–H and O–H groups in total. The maximum Gasteiger partial charge on any atom is 0.251 e. The van der Waals surface area contributed by atoms with Gasteiger partial charge in [-0.3, -0.25) is 4.79 Å². The zero-order chi connectivity index (χ0) is 19.3. The Morgan fingerprint density at radius 2 is 2.00 bits per heavy atom. The molecule has 1 aromatic heterocycles. The molecule has 0 saturated carbocycles. The van der Waals surface area contributed by atoms with E-state index in [0.29, 0.717) is 0 Å². The van der Waals surface area contributed by atoms with Crippen LogP contribution in [0.3, 0.4) is 0 Å². The van der Waals surface area contributed by atoms with E-state index >= 15 is 0 Å². The van der Waals surface area contributed by atoms with Crippen LogP contribution in [0.25, 0.3) is 0 Å². The molecule has 4 rings (SSSR count). The molecule has 0 radical (unpaired) electrons. The molecule has 8 heteroatoms. The molecule has 2 atom stereocenters. The van der Waals surface area contributed by atoms with Crippen LogP contribution >= 0.6 is 11.8 Å². The fourth-order valence-corrected chi connectivity index (χ4v) is 5.65. The van der Waals surface area contributed by atoms with Gasteiger partial charge in [0.25, 0.3) is 5.91 Å². The van der Waals surface area contributed by atoms with Crippen LogP contribution in [0.15, 0.2) is 5.16 Å². The molecule has 3 aliphatic rings. The summed E-state index contributed by atoms with van der Waals surface area (Å²) in [6, 6.07) is 0. The third kappa shape index (κ3) is 4.54. The largest absolute Gasteiger partial charge is 0.368 e. The molecule has 7 nitrogen and oxygen atoms in total. The Hall–Kier alpha value is -1.12. The smallest absolute Gasteiger partial charge is 0.251 e. The van der Waals surface area contributed by atoms with Crippen molar-refractivity contribution >= 4 is 17.7 Å². The van der Waals surface area contributed by atoms with Crippen LogP contribution in [0.1, 0.15) is 57.2 Å². The average Bonchev–Trinajstić information content (AvgIpc) is 3.49. The number of thioether (sulfide) groups is 1. The summed E-state index contributed by atoms with van der Waals surface area (Å²) in [4.78, 5) is 17.3. The number of piperidine rings is 1. The van der Waals surface area contributed by atoms with Gasteiger partial charge in [-0.1, -0.05) is 11.8 Å². The SMILES string of the molecule is CCn1c(SCCN2CCCC2)nnc1[C@@H]1CCCN(C(=O)[C@H]2CCCO2)C1. The first-order valence-corrected chi connectivity index (χ1v) is 11.9. The molecular weight excluding hydrogens is 374 g/mol. The highest BCUT2D eigenvalue weighted by Crippen LogP contribution is 2.30. The van der Waals surface area contributed by atoms with E-state index in [1.54, 1.807) is 0 Å². The Morgan fingerprint density at radius 1 is 1.14 bits per heavy atom. The first-order valence-electron chi connectivity index (χ1n) is 10.9. The van der Waals surface area contributed by atoms with E-state index in [1.165, 1.54) is 25.9 Å². The molecule has 0 unspecified atom stereocenters. The lowest BCUT2D eigenvalue weighted by Crippen LogP contribution is -2.44.